The Bertz CT molecular complexity index is 2510. The Morgan fingerprint density at radius 1 is 0.413 bits per heavy atom. The van der Waals surface area contributed by atoms with Crippen LogP contribution in [0.4, 0.5) is 17.2 Å². The Hall–Kier alpha value is -6.19. The number of fused-ring (bicyclic) bond motifs is 6. The molecule has 0 saturated heterocycles. The summed E-state index contributed by atoms with van der Waals surface area (Å²) in [4.78, 5) is 7.33. The molecule has 0 saturated carbocycles. The van der Waals surface area contributed by atoms with Crippen molar-refractivity contribution in [3.63, 3.8) is 0 Å². The zero-order valence-electron chi connectivity index (χ0n) is 25.0. The molecule has 0 aliphatic carbocycles. The largest absolute Gasteiger partial charge is 0.438 e. The van der Waals surface area contributed by atoms with Crippen LogP contribution in [0, 0.1) is 0 Å². The van der Waals surface area contributed by atoms with Crippen molar-refractivity contribution in [3.05, 3.63) is 170 Å². The molecular weight excluding hydrogens is 560 g/mol. The molecule has 7 aromatic carbocycles. The molecule has 3 nitrogen and oxygen atoms in total. The fourth-order valence-electron chi connectivity index (χ4n) is 6.56. The van der Waals surface area contributed by atoms with Gasteiger partial charge in [-0.2, -0.15) is 4.98 Å². The zero-order chi connectivity index (χ0) is 30.5. The summed E-state index contributed by atoms with van der Waals surface area (Å²) in [6.45, 7) is 0. The van der Waals surface area contributed by atoms with Gasteiger partial charge in [-0.3, -0.25) is 4.90 Å². The predicted octanol–water partition coefficient (Wildman–Crippen LogP) is 12.1. The molecule has 0 spiro atoms. The molecule has 2 aromatic heterocycles. The van der Waals surface area contributed by atoms with Crippen LogP contribution < -0.4 is 4.90 Å². The van der Waals surface area contributed by atoms with Crippen LogP contribution in [0.25, 0.3) is 65.9 Å². The second-order valence-electron chi connectivity index (χ2n) is 11.6. The Kier molecular flexibility index (Phi) is 6.14. The Labute approximate surface area is 266 Å². The molecule has 3 heteroatoms. The number of hydrogen-bond acceptors (Lipinski definition) is 3. The van der Waals surface area contributed by atoms with E-state index in [9.17, 15) is 0 Å². The third-order valence-electron chi connectivity index (χ3n) is 8.88. The Balaban J connectivity index is 1.16. The number of anilines is 3. The van der Waals surface area contributed by atoms with Gasteiger partial charge < -0.3 is 4.42 Å². The number of nitrogens with zero attached hydrogens (tertiary/aromatic N) is 2. The van der Waals surface area contributed by atoms with Gasteiger partial charge in [0.15, 0.2) is 0 Å². The Morgan fingerprint density at radius 2 is 1.00 bits per heavy atom. The number of pyridine rings is 1. The first-order valence-corrected chi connectivity index (χ1v) is 15.5. The molecule has 0 unspecified atom stereocenters. The summed E-state index contributed by atoms with van der Waals surface area (Å²) < 4.78 is 6.37. The van der Waals surface area contributed by atoms with Crippen molar-refractivity contribution in [1.29, 1.82) is 0 Å². The smallest absolute Gasteiger partial charge is 0.229 e. The molecule has 0 bridgehead atoms. The van der Waals surface area contributed by atoms with Crippen molar-refractivity contribution in [2.75, 3.05) is 4.90 Å². The van der Waals surface area contributed by atoms with Gasteiger partial charge in [0.05, 0.1) is 0 Å². The molecule has 0 atom stereocenters. The maximum absolute atomic E-state index is 6.37. The molecule has 0 fully saturated rings. The maximum Gasteiger partial charge on any atom is 0.229 e. The monoisotopic (exact) mass is 588 g/mol. The van der Waals surface area contributed by atoms with Crippen molar-refractivity contribution in [3.8, 4) is 22.3 Å². The molecule has 46 heavy (non-hydrogen) atoms. The normalized spacial score (nSPS) is 11.5. The lowest BCUT2D eigenvalue weighted by Crippen LogP contribution is -2.11. The van der Waals surface area contributed by atoms with E-state index in [0.717, 1.165) is 33.5 Å². The molecule has 0 aliphatic rings. The quantitative estimate of drug-likeness (QED) is 0.200. The van der Waals surface area contributed by atoms with Crippen LogP contribution in [0.15, 0.2) is 174 Å². The predicted molar refractivity (Wildman–Crippen MR) is 192 cm³/mol. The molecule has 0 aliphatic heterocycles. The molecule has 0 amide bonds. The van der Waals surface area contributed by atoms with Crippen LogP contribution in [0.1, 0.15) is 0 Å². The molecule has 216 valence electrons. The van der Waals surface area contributed by atoms with E-state index in [2.05, 4.69) is 163 Å². The lowest BCUT2D eigenvalue weighted by Gasteiger charge is -2.24. The van der Waals surface area contributed by atoms with Crippen molar-refractivity contribution in [2.24, 2.45) is 0 Å². The van der Waals surface area contributed by atoms with E-state index >= 15 is 0 Å². The first-order valence-electron chi connectivity index (χ1n) is 15.5. The van der Waals surface area contributed by atoms with E-state index in [1.165, 1.54) is 43.8 Å². The molecular formula is C43H28N2O. The fraction of sp³-hybridized carbons (Fsp3) is 0. The first kappa shape index (κ1) is 26.2. The highest BCUT2D eigenvalue weighted by Crippen LogP contribution is 2.39. The van der Waals surface area contributed by atoms with Crippen LogP contribution in [0.5, 0.6) is 0 Å². The first-order chi connectivity index (χ1) is 22.8. The SMILES string of the molecule is c1ccc(-c2ccc(N(c3ccc(-c4ccc5ccccc5c4)cc3)c3ccc4c(n3)oc3ccc5ccccc5c34)cc2)cc1. The van der Waals surface area contributed by atoms with Gasteiger partial charge in [-0.1, -0.05) is 121 Å². The van der Waals surface area contributed by atoms with Gasteiger partial charge in [0.2, 0.25) is 5.71 Å². The lowest BCUT2D eigenvalue weighted by molar-refractivity contribution is 0.654. The molecule has 9 aromatic rings. The van der Waals surface area contributed by atoms with Gasteiger partial charge in [-0.25, -0.2) is 0 Å². The van der Waals surface area contributed by atoms with Gasteiger partial charge >= 0.3 is 0 Å². The second-order valence-corrected chi connectivity index (χ2v) is 11.6. The van der Waals surface area contributed by atoms with Gasteiger partial charge in [0.25, 0.3) is 0 Å². The summed E-state index contributed by atoms with van der Waals surface area (Å²) in [7, 11) is 0. The summed E-state index contributed by atoms with van der Waals surface area (Å²) in [5.74, 6) is 0.793. The third kappa shape index (κ3) is 4.49. The van der Waals surface area contributed by atoms with E-state index in [1.807, 2.05) is 12.1 Å². The molecule has 9 rings (SSSR count). The zero-order valence-corrected chi connectivity index (χ0v) is 25.0. The topological polar surface area (TPSA) is 29.3 Å². The number of hydrogen-bond donors (Lipinski definition) is 0. The van der Waals surface area contributed by atoms with Crippen molar-refractivity contribution >= 4 is 60.8 Å². The summed E-state index contributed by atoms with van der Waals surface area (Å²) in [5, 5.41) is 6.96. The van der Waals surface area contributed by atoms with Gasteiger partial charge in [-0.15, -0.1) is 0 Å². The summed E-state index contributed by atoms with van der Waals surface area (Å²) in [6, 6.07) is 59.8. The van der Waals surface area contributed by atoms with E-state index in [0.29, 0.717) is 5.71 Å². The van der Waals surface area contributed by atoms with E-state index < -0.39 is 0 Å². The summed E-state index contributed by atoms with van der Waals surface area (Å²) >= 11 is 0. The van der Waals surface area contributed by atoms with Gasteiger partial charge in [-0.05, 0) is 92.3 Å². The van der Waals surface area contributed by atoms with Crippen molar-refractivity contribution < 1.29 is 4.42 Å². The highest BCUT2D eigenvalue weighted by atomic mass is 16.3. The minimum Gasteiger partial charge on any atom is -0.438 e. The summed E-state index contributed by atoms with van der Waals surface area (Å²) in [5.41, 5.74) is 8.23. The van der Waals surface area contributed by atoms with Gasteiger partial charge in [0, 0.05) is 22.1 Å². The third-order valence-corrected chi connectivity index (χ3v) is 8.88. The van der Waals surface area contributed by atoms with E-state index in [1.54, 1.807) is 0 Å². The Morgan fingerprint density at radius 3 is 1.76 bits per heavy atom. The number of benzene rings is 7. The average molecular weight is 589 g/mol. The van der Waals surface area contributed by atoms with Crippen LogP contribution in [-0.4, -0.2) is 4.98 Å². The summed E-state index contributed by atoms with van der Waals surface area (Å²) in [6.07, 6.45) is 0. The highest BCUT2D eigenvalue weighted by Gasteiger charge is 2.18. The standard InChI is InChI=1S/C43H28N2O/c1-2-8-29(9-3-1)31-16-21-36(22-17-31)45(37-23-18-32(19-24-37)35-15-14-30-10-4-5-12-34(30)28-35)41-27-25-39-42-38-13-7-6-11-33(38)20-26-40(42)46-43(39)44-41/h1-28H. The van der Waals surface area contributed by atoms with Crippen LogP contribution in [0.3, 0.4) is 0 Å². The molecule has 0 N–H and O–H groups in total. The highest BCUT2D eigenvalue weighted by molar-refractivity contribution is 6.18. The average Bonchev–Trinajstić information content (AvgIpc) is 3.51. The minimum atomic E-state index is 0.627. The fourth-order valence-corrected chi connectivity index (χ4v) is 6.56. The lowest BCUT2D eigenvalue weighted by atomic mass is 10.0. The van der Waals surface area contributed by atoms with E-state index in [4.69, 9.17) is 9.40 Å². The van der Waals surface area contributed by atoms with E-state index in [-0.39, 0.29) is 0 Å². The number of furan rings is 1. The van der Waals surface area contributed by atoms with Gasteiger partial charge in [0.1, 0.15) is 11.4 Å². The van der Waals surface area contributed by atoms with Crippen LogP contribution in [0.2, 0.25) is 0 Å². The van der Waals surface area contributed by atoms with Crippen molar-refractivity contribution in [2.45, 2.75) is 0 Å². The second kappa shape index (κ2) is 10.8. The van der Waals surface area contributed by atoms with Crippen LogP contribution in [-0.2, 0) is 0 Å². The molecule has 0 radical (unpaired) electrons. The maximum atomic E-state index is 6.37. The van der Waals surface area contributed by atoms with Crippen molar-refractivity contribution in [1.82, 2.24) is 4.98 Å². The molecule has 2 heterocycles. The minimum absolute atomic E-state index is 0.627. The number of rotatable bonds is 5. The van der Waals surface area contributed by atoms with Crippen LogP contribution >= 0.6 is 0 Å². The number of aromatic nitrogens is 1.